The first-order valence-electron chi connectivity index (χ1n) is 5.87. The number of nitrogens with zero attached hydrogens (tertiary/aromatic N) is 1. The van der Waals surface area contributed by atoms with Crippen LogP contribution in [0.2, 0.25) is 5.02 Å². The Balaban J connectivity index is 2.13. The Bertz CT molecular complexity index is 694. The van der Waals surface area contributed by atoms with Gasteiger partial charge in [-0.05, 0) is 18.6 Å². The summed E-state index contributed by atoms with van der Waals surface area (Å²) in [5.74, 6) is -0.390. The number of carboxylic acids is 1. The van der Waals surface area contributed by atoms with Crippen molar-refractivity contribution in [2.75, 3.05) is 13.2 Å². The standard InChI is InChI=1S/C13H10ClNO5/c1-6-7(8-5-10(13(16)17)20-15-8)4-9-12(11(6)14)19-3-2-18-9/h4-5H,2-3H2,1H3,(H,16,17). The molecule has 2 heterocycles. The number of halogens is 1. The first-order valence-corrected chi connectivity index (χ1v) is 6.25. The highest BCUT2D eigenvalue weighted by molar-refractivity contribution is 6.33. The third-order valence-electron chi connectivity index (χ3n) is 3.02. The highest BCUT2D eigenvalue weighted by atomic mass is 35.5. The molecule has 7 heteroatoms. The number of ether oxygens (including phenoxy) is 2. The van der Waals surface area contributed by atoms with Crippen LogP contribution in [-0.4, -0.2) is 29.4 Å². The lowest BCUT2D eigenvalue weighted by atomic mass is 10.0. The highest BCUT2D eigenvalue weighted by Gasteiger charge is 2.22. The molecule has 1 aromatic heterocycles. The molecule has 3 rings (SSSR count). The molecule has 6 nitrogen and oxygen atoms in total. The number of hydrogen-bond acceptors (Lipinski definition) is 5. The number of hydrogen-bond donors (Lipinski definition) is 1. The van der Waals surface area contributed by atoms with E-state index in [1.54, 1.807) is 13.0 Å². The summed E-state index contributed by atoms with van der Waals surface area (Å²) in [6, 6.07) is 3.07. The maximum Gasteiger partial charge on any atom is 0.374 e. The molecule has 0 aliphatic carbocycles. The first-order chi connectivity index (χ1) is 9.58. The molecule has 0 amide bonds. The summed E-state index contributed by atoms with van der Waals surface area (Å²) >= 11 is 6.26. The summed E-state index contributed by atoms with van der Waals surface area (Å²) < 4.78 is 15.7. The molecule has 0 saturated heterocycles. The second-order valence-corrected chi connectivity index (χ2v) is 4.65. The van der Waals surface area contributed by atoms with E-state index in [1.807, 2.05) is 0 Å². The van der Waals surface area contributed by atoms with Gasteiger partial charge < -0.3 is 19.1 Å². The van der Waals surface area contributed by atoms with Crippen molar-refractivity contribution in [2.45, 2.75) is 6.92 Å². The van der Waals surface area contributed by atoms with Crippen molar-refractivity contribution in [3.05, 3.63) is 28.5 Å². The fraction of sp³-hybridized carbons (Fsp3) is 0.231. The first kappa shape index (κ1) is 12.8. The molecule has 1 aliphatic heterocycles. The quantitative estimate of drug-likeness (QED) is 0.917. The van der Waals surface area contributed by atoms with Crippen LogP contribution >= 0.6 is 11.6 Å². The fourth-order valence-electron chi connectivity index (χ4n) is 2.01. The fourth-order valence-corrected chi connectivity index (χ4v) is 2.26. The van der Waals surface area contributed by atoms with Gasteiger partial charge >= 0.3 is 5.97 Å². The van der Waals surface area contributed by atoms with Gasteiger partial charge in [0.05, 0.1) is 5.02 Å². The number of carbonyl (C=O) groups is 1. The van der Waals surface area contributed by atoms with Crippen molar-refractivity contribution in [3.63, 3.8) is 0 Å². The van der Waals surface area contributed by atoms with Gasteiger partial charge in [-0.15, -0.1) is 0 Å². The number of rotatable bonds is 2. The number of fused-ring (bicyclic) bond motifs is 1. The maximum absolute atomic E-state index is 10.8. The van der Waals surface area contributed by atoms with E-state index < -0.39 is 5.97 Å². The molecule has 20 heavy (non-hydrogen) atoms. The minimum absolute atomic E-state index is 0.231. The number of aromatic carboxylic acids is 1. The Hall–Kier alpha value is -2.21. The van der Waals surface area contributed by atoms with Crippen LogP contribution < -0.4 is 9.47 Å². The van der Waals surface area contributed by atoms with E-state index in [1.165, 1.54) is 6.07 Å². The topological polar surface area (TPSA) is 81.8 Å². The predicted octanol–water partition coefficient (Wildman–Crippen LogP) is 2.77. The van der Waals surface area contributed by atoms with Crippen LogP contribution in [0.15, 0.2) is 16.7 Å². The van der Waals surface area contributed by atoms with E-state index in [4.69, 9.17) is 30.7 Å². The summed E-state index contributed by atoms with van der Waals surface area (Å²) in [5, 5.41) is 13.0. The third-order valence-corrected chi connectivity index (χ3v) is 3.47. The van der Waals surface area contributed by atoms with E-state index in [2.05, 4.69) is 5.16 Å². The number of aromatic nitrogens is 1. The molecule has 0 radical (unpaired) electrons. The van der Waals surface area contributed by atoms with Crippen molar-refractivity contribution >= 4 is 17.6 Å². The Labute approximate surface area is 118 Å². The van der Waals surface area contributed by atoms with Crippen LogP contribution in [0.3, 0.4) is 0 Å². The highest BCUT2D eigenvalue weighted by Crippen LogP contribution is 2.43. The molecule has 1 aromatic carbocycles. The van der Waals surface area contributed by atoms with Crippen LogP contribution in [0, 0.1) is 6.92 Å². The zero-order chi connectivity index (χ0) is 14.3. The van der Waals surface area contributed by atoms with E-state index in [0.29, 0.717) is 41.0 Å². The zero-order valence-electron chi connectivity index (χ0n) is 10.5. The zero-order valence-corrected chi connectivity index (χ0v) is 11.2. The van der Waals surface area contributed by atoms with Crippen LogP contribution in [0.25, 0.3) is 11.3 Å². The van der Waals surface area contributed by atoms with Gasteiger partial charge in [-0.25, -0.2) is 4.79 Å². The lowest BCUT2D eigenvalue weighted by Crippen LogP contribution is -2.16. The van der Waals surface area contributed by atoms with Gasteiger partial charge in [0, 0.05) is 11.6 Å². The van der Waals surface area contributed by atoms with Gasteiger partial charge in [-0.1, -0.05) is 16.8 Å². The number of carboxylic acid groups (broad SMARTS) is 1. The molecule has 0 fully saturated rings. The summed E-state index contributed by atoms with van der Waals surface area (Å²) in [6.07, 6.45) is 0. The second kappa shape index (κ2) is 4.72. The van der Waals surface area contributed by atoms with Crippen molar-refractivity contribution in [3.8, 4) is 22.8 Å². The minimum atomic E-state index is -1.18. The van der Waals surface area contributed by atoms with Crippen LogP contribution in [0.4, 0.5) is 0 Å². The maximum atomic E-state index is 10.8. The average Bonchev–Trinajstić information content (AvgIpc) is 2.92. The molecule has 1 aliphatic rings. The Morgan fingerprint density at radius 3 is 2.80 bits per heavy atom. The largest absolute Gasteiger partial charge is 0.486 e. The smallest absolute Gasteiger partial charge is 0.374 e. The molecule has 1 N–H and O–H groups in total. The van der Waals surface area contributed by atoms with Crippen LogP contribution in [0.1, 0.15) is 16.1 Å². The molecule has 0 bridgehead atoms. The number of benzene rings is 1. The van der Waals surface area contributed by atoms with Gasteiger partial charge in [0.2, 0.25) is 5.76 Å². The Morgan fingerprint density at radius 1 is 1.35 bits per heavy atom. The molecule has 104 valence electrons. The Morgan fingerprint density at radius 2 is 2.10 bits per heavy atom. The second-order valence-electron chi connectivity index (χ2n) is 4.27. The monoisotopic (exact) mass is 295 g/mol. The molecule has 0 spiro atoms. The van der Waals surface area contributed by atoms with Crippen LogP contribution in [0.5, 0.6) is 11.5 Å². The molecule has 2 aromatic rings. The molecular weight excluding hydrogens is 286 g/mol. The van der Waals surface area contributed by atoms with E-state index >= 15 is 0 Å². The minimum Gasteiger partial charge on any atom is -0.486 e. The lowest BCUT2D eigenvalue weighted by molar-refractivity contribution is 0.0652. The van der Waals surface area contributed by atoms with Crippen molar-refractivity contribution < 1.29 is 23.9 Å². The van der Waals surface area contributed by atoms with Crippen molar-refractivity contribution in [2.24, 2.45) is 0 Å². The van der Waals surface area contributed by atoms with E-state index in [9.17, 15) is 4.79 Å². The summed E-state index contributed by atoms with van der Waals surface area (Å²) in [5.41, 5.74) is 1.76. The SMILES string of the molecule is Cc1c(-c2cc(C(=O)O)on2)cc2c(c1Cl)OCCO2. The van der Waals surface area contributed by atoms with Crippen molar-refractivity contribution in [1.29, 1.82) is 0 Å². The van der Waals surface area contributed by atoms with Crippen molar-refractivity contribution in [1.82, 2.24) is 5.16 Å². The van der Waals surface area contributed by atoms with Gasteiger partial charge in [0.1, 0.15) is 18.9 Å². The van der Waals surface area contributed by atoms with E-state index in [0.717, 1.165) is 5.56 Å². The molecule has 0 unspecified atom stereocenters. The summed E-state index contributed by atoms with van der Waals surface area (Å²) in [6.45, 7) is 2.68. The van der Waals surface area contributed by atoms with E-state index in [-0.39, 0.29) is 5.76 Å². The average molecular weight is 296 g/mol. The normalized spacial score (nSPS) is 13.3. The van der Waals surface area contributed by atoms with Gasteiger partial charge in [-0.2, -0.15) is 0 Å². The van der Waals surface area contributed by atoms with Gasteiger partial charge in [0.25, 0.3) is 0 Å². The van der Waals surface area contributed by atoms with Gasteiger partial charge in [-0.3, -0.25) is 0 Å². The van der Waals surface area contributed by atoms with Gasteiger partial charge in [0.15, 0.2) is 11.5 Å². The molecule has 0 atom stereocenters. The van der Waals surface area contributed by atoms with Crippen LogP contribution in [-0.2, 0) is 0 Å². The lowest BCUT2D eigenvalue weighted by Gasteiger charge is -2.21. The summed E-state index contributed by atoms with van der Waals surface area (Å²) in [7, 11) is 0. The third kappa shape index (κ3) is 1.98. The summed E-state index contributed by atoms with van der Waals surface area (Å²) in [4.78, 5) is 10.8. The predicted molar refractivity (Wildman–Crippen MR) is 69.6 cm³/mol. The molecular formula is C13H10ClNO5. The Kier molecular flexibility index (Phi) is 3.02. The molecule has 0 saturated carbocycles.